The molecule has 0 saturated heterocycles. The van der Waals surface area contributed by atoms with E-state index in [1.165, 1.54) is 17.7 Å². The molecule has 5 rings (SSSR count). The Morgan fingerprint density at radius 3 is 2.50 bits per heavy atom. The zero-order chi connectivity index (χ0) is 26.9. The monoisotopic (exact) mass is 515 g/mol. The molecule has 0 spiro atoms. The number of hydrogen-bond acceptors (Lipinski definition) is 4. The third kappa shape index (κ3) is 5.28. The van der Waals surface area contributed by atoms with Gasteiger partial charge >= 0.3 is 6.18 Å². The van der Waals surface area contributed by atoms with Crippen LogP contribution in [0.5, 0.6) is 0 Å². The minimum atomic E-state index is -4.53. The summed E-state index contributed by atoms with van der Waals surface area (Å²) in [4.78, 5) is 19.4. The van der Waals surface area contributed by atoms with Crippen molar-refractivity contribution in [2.24, 2.45) is 0 Å². The fourth-order valence-corrected chi connectivity index (χ4v) is 4.31. The van der Waals surface area contributed by atoms with Crippen LogP contribution in [0.2, 0.25) is 0 Å². The van der Waals surface area contributed by atoms with E-state index >= 15 is 0 Å². The lowest BCUT2D eigenvalue weighted by Crippen LogP contribution is -2.14. The third-order valence-electron chi connectivity index (χ3n) is 6.01. The van der Waals surface area contributed by atoms with Gasteiger partial charge in [0, 0.05) is 35.1 Å². The number of hydrogen-bond donors (Lipinski definition) is 1. The summed E-state index contributed by atoms with van der Waals surface area (Å²) in [6, 6.07) is 21.4. The Morgan fingerprint density at radius 2 is 1.71 bits per heavy atom. The third-order valence-corrected chi connectivity index (χ3v) is 6.01. The van der Waals surface area contributed by atoms with Crippen LogP contribution in [0.15, 0.2) is 91.3 Å². The molecule has 0 aliphatic rings. The Morgan fingerprint density at radius 1 is 0.947 bits per heavy atom. The Bertz CT molecular complexity index is 1620. The molecule has 38 heavy (non-hydrogen) atoms. The Hall–Kier alpha value is -4.50. The van der Waals surface area contributed by atoms with Crippen LogP contribution in [0, 0.1) is 0 Å². The van der Waals surface area contributed by atoms with Crippen LogP contribution >= 0.6 is 0 Å². The average molecular weight is 516 g/mol. The van der Waals surface area contributed by atoms with E-state index in [1.807, 2.05) is 38.4 Å². The fourth-order valence-electron chi connectivity index (χ4n) is 4.31. The molecule has 2 aromatic heterocycles. The summed E-state index contributed by atoms with van der Waals surface area (Å²) in [5, 5.41) is 7.28. The number of carbonyl (C=O) groups excluding carboxylic acids is 1. The molecule has 0 atom stereocenters. The van der Waals surface area contributed by atoms with Crippen LogP contribution < -0.4 is 5.32 Å². The highest BCUT2D eigenvalue weighted by Gasteiger charge is 2.30. The second-order valence-corrected chi connectivity index (χ2v) is 9.18. The number of anilines is 1. The van der Waals surface area contributed by atoms with Crippen LogP contribution in [-0.4, -0.2) is 39.5 Å². The maximum absolute atomic E-state index is 13.1. The van der Waals surface area contributed by atoms with E-state index in [0.29, 0.717) is 11.3 Å². The lowest BCUT2D eigenvalue weighted by molar-refractivity contribution is -0.137. The van der Waals surface area contributed by atoms with Crippen molar-refractivity contribution in [3.8, 4) is 22.4 Å². The molecule has 1 amide bonds. The Labute approximate surface area is 217 Å². The van der Waals surface area contributed by atoms with Gasteiger partial charge in [0.25, 0.3) is 5.91 Å². The van der Waals surface area contributed by atoms with Crippen molar-refractivity contribution in [2.75, 3.05) is 19.4 Å². The van der Waals surface area contributed by atoms with Gasteiger partial charge in [0.05, 0.1) is 17.5 Å². The van der Waals surface area contributed by atoms with Gasteiger partial charge in [-0.1, -0.05) is 36.4 Å². The number of nitrogens with zero attached hydrogens (tertiary/aromatic N) is 4. The van der Waals surface area contributed by atoms with Crippen LogP contribution in [-0.2, 0) is 12.7 Å². The van der Waals surface area contributed by atoms with E-state index in [0.717, 1.165) is 41.1 Å². The first-order valence-corrected chi connectivity index (χ1v) is 11.8. The van der Waals surface area contributed by atoms with Gasteiger partial charge in [-0.3, -0.25) is 4.79 Å². The number of fused-ring (bicyclic) bond motifs is 1. The summed E-state index contributed by atoms with van der Waals surface area (Å²) < 4.78 is 40.9. The number of benzene rings is 3. The molecule has 3 aromatic carbocycles. The molecule has 0 aliphatic heterocycles. The maximum atomic E-state index is 13.1. The minimum Gasteiger partial charge on any atom is -0.322 e. The van der Waals surface area contributed by atoms with Gasteiger partial charge in [0.15, 0.2) is 5.65 Å². The first kappa shape index (κ1) is 25.2. The fraction of sp³-hybridized carbons (Fsp3) is 0.138. The number of amides is 1. The van der Waals surface area contributed by atoms with Crippen molar-refractivity contribution in [1.29, 1.82) is 0 Å². The topological polar surface area (TPSA) is 62.5 Å². The number of carbonyl (C=O) groups is 1. The molecule has 0 saturated carbocycles. The molecule has 192 valence electrons. The summed E-state index contributed by atoms with van der Waals surface area (Å²) in [5.74, 6) is -0.632. The van der Waals surface area contributed by atoms with Gasteiger partial charge in [-0.2, -0.15) is 18.3 Å². The maximum Gasteiger partial charge on any atom is 0.416 e. The first-order valence-electron chi connectivity index (χ1n) is 11.8. The molecule has 0 aliphatic carbocycles. The van der Waals surface area contributed by atoms with Crippen molar-refractivity contribution in [2.45, 2.75) is 12.7 Å². The molecule has 0 fully saturated rings. The van der Waals surface area contributed by atoms with Crippen LogP contribution in [0.4, 0.5) is 18.9 Å². The zero-order valence-electron chi connectivity index (χ0n) is 20.7. The van der Waals surface area contributed by atoms with E-state index in [4.69, 9.17) is 0 Å². The molecule has 0 bridgehead atoms. The van der Waals surface area contributed by atoms with Gasteiger partial charge in [-0.25, -0.2) is 9.50 Å². The molecule has 0 unspecified atom stereocenters. The highest BCUT2D eigenvalue weighted by Crippen LogP contribution is 2.31. The van der Waals surface area contributed by atoms with Crippen LogP contribution in [0.3, 0.4) is 0 Å². The quantitative estimate of drug-likeness (QED) is 0.284. The minimum absolute atomic E-state index is 0.0789. The summed E-state index contributed by atoms with van der Waals surface area (Å²) in [6.45, 7) is 0.810. The molecule has 1 N–H and O–H groups in total. The van der Waals surface area contributed by atoms with Gasteiger partial charge in [-0.05, 0) is 67.7 Å². The van der Waals surface area contributed by atoms with Crippen molar-refractivity contribution in [1.82, 2.24) is 19.5 Å². The van der Waals surface area contributed by atoms with Gasteiger partial charge in [0.1, 0.15) is 0 Å². The van der Waals surface area contributed by atoms with Gasteiger partial charge in [0.2, 0.25) is 0 Å². The van der Waals surface area contributed by atoms with Crippen molar-refractivity contribution < 1.29 is 18.0 Å². The second-order valence-electron chi connectivity index (χ2n) is 9.18. The summed E-state index contributed by atoms with van der Waals surface area (Å²) in [6.07, 6.45) is -1.05. The SMILES string of the molecule is CN(C)Cc1cccc(-c2cnn3c(-c4cccc(NC(=O)c5cccc(C(F)(F)F)c5)c4)ccnc23)c1. The van der Waals surface area contributed by atoms with E-state index in [9.17, 15) is 18.0 Å². The van der Waals surface area contributed by atoms with E-state index < -0.39 is 17.6 Å². The Balaban J connectivity index is 1.45. The largest absolute Gasteiger partial charge is 0.416 e. The normalized spacial score (nSPS) is 11.7. The van der Waals surface area contributed by atoms with E-state index in [1.54, 1.807) is 35.1 Å². The number of nitrogens with one attached hydrogen (secondary N) is 1. The zero-order valence-corrected chi connectivity index (χ0v) is 20.7. The molecule has 9 heteroatoms. The molecule has 2 heterocycles. The van der Waals surface area contributed by atoms with E-state index in [-0.39, 0.29) is 5.56 Å². The number of halogens is 3. The molecule has 6 nitrogen and oxygen atoms in total. The highest BCUT2D eigenvalue weighted by molar-refractivity contribution is 6.04. The predicted molar refractivity (Wildman–Crippen MR) is 141 cm³/mol. The summed E-state index contributed by atoms with van der Waals surface area (Å²) in [7, 11) is 4.04. The van der Waals surface area contributed by atoms with Gasteiger partial charge in [-0.15, -0.1) is 0 Å². The molecule has 5 aromatic rings. The predicted octanol–water partition coefficient (Wildman–Crippen LogP) is 6.40. The van der Waals surface area contributed by atoms with Gasteiger partial charge < -0.3 is 10.2 Å². The number of alkyl halides is 3. The standard InChI is InChI=1S/C29H24F3N5O/c1-36(2)18-19-6-3-7-20(14-19)25-17-34-37-26(12-13-33-27(25)37)21-8-5-11-24(16-21)35-28(38)22-9-4-10-23(15-22)29(30,31)32/h3-17H,18H2,1-2H3,(H,35,38). The Kier molecular flexibility index (Phi) is 6.69. The summed E-state index contributed by atoms with van der Waals surface area (Å²) in [5.41, 5.74) is 4.75. The van der Waals surface area contributed by atoms with Crippen LogP contribution in [0.25, 0.3) is 28.0 Å². The lowest BCUT2D eigenvalue weighted by Gasteiger charge is -2.11. The second kappa shape index (κ2) is 10.1. The first-order chi connectivity index (χ1) is 18.2. The molecular weight excluding hydrogens is 491 g/mol. The number of aromatic nitrogens is 3. The van der Waals surface area contributed by atoms with E-state index in [2.05, 4.69) is 32.4 Å². The highest BCUT2D eigenvalue weighted by atomic mass is 19.4. The average Bonchev–Trinajstić information content (AvgIpc) is 3.33. The summed E-state index contributed by atoms with van der Waals surface area (Å²) >= 11 is 0. The van der Waals surface area contributed by atoms with Crippen molar-refractivity contribution in [3.05, 3.63) is 108 Å². The number of rotatable bonds is 6. The molecule has 0 radical (unpaired) electrons. The molecular formula is C29H24F3N5O. The van der Waals surface area contributed by atoms with Crippen molar-refractivity contribution >= 4 is 17.2 Å². The van der Waals surface area contributed by atoms with Crippen LogP contribution in [0.1, 0.15) is 21.5 Å². The van der Waals surface area contributed by atoms with Crippen molar-refractivity contribution in [3.63, 3.8) is 0 Å². The smallest absolute Gasteiger partial charge is 0.322 e. The lowest BCUT2D eigenvalue weighted by atomic mass is 10.1.